The monoisotopic (exact) mass is 228 g/mol. The highest BCUT2D eigenvalue weighted by atomic mass is 35.5. The van der Waals surface area contributed by atoms with E-state index in [2.05, 4.69) is 4.98 Å². The normalized spacial score (nSPS) is 20.7. The fourth-order valence-electron chi connectivity index (χ4n) is 1.83. The summed E-state index contributed by atoms with van der Waals surface area (Å²) in [6.45, 7) is 1.20. The van der Waals surface area contributed by atoms with Crippen LogP contribution in [-0.2, 0) is 4.79 Å². The minimum atomic E-state index is -0.389. The maximum Gasteiger partial charge on any atom is 0.209 e. The number of carbonyl (C=O) groups excluding carboxylic acids is 1. The summed E-state index contributed by atoms with van der Waals surface area (Å²) in [5.41, 5.74) is 0.406. The largest absolute Gasteiger partial charge is 0.345 e. The molecule has 0 N–H and O–H groups in total. The zero-order valence-electron chi connectivity index (χ0n) is 7.99. The molecule has 1 amide bonds. The molecule has 2 heterocycles. The van der Waals surface area contributed by atoms with Gasteiger partial charge in [-0.3, -0.25) is 9.78 Å². The molecule has 5 heteroatoms. The molecule has 1 aromatic rings. The number of hydrogen-bond acceptors (Lipinski definition) is 2. The molecule has 15 heavy (non-hydrogen) atoms. The van der Waals surface area contributed by atoms with Crippen molar-refractivity contribution in [3.05, 3.63) is 28.8 Å². The van der Waals surface area contributed by atoms with Gasteiger partial charge < -0.3 is 4.90 Å². The number of likely N-dealkylation sites (tertiary alicyclic amines) is 1. The van der Waals surface area contributed by atoms with Crippen LogP contribution in [-0.4, -0.2) is 29.4 Å². The van der Waals surface area contributed by atoms with Crippen molar-refractivity contribution in [3.8, 4) is 0 Å². The average Bonchev–Trinajstić information content (AvgIpc) is 2.66. The van der Waals surface area contributed by atoms with Crippen LogP contribution in [0.15, 0.2) is 12.3 Å². The van der Waals surface area contributed by atoms with Crippen molar-refractivity contribution in [3.63, 3.8) is 0 Å². The van der Waals surface area contributed by atoms with E-state index in [1.165, 1.54) is 12.3 Å². The van der Waals surface area contributed by atoms with Crippen molar-refractivity contribution >= 4 is 18.0 Å². The van der Waals surface area contributed by atoms with Crippen LogP contribution in [0.2, 0.25) is 5.02 Å². The summed E-state index contributed by atoms with van der Waals surface area (Å²) in [4.78, 5) is 16.1. The van der Waals surface area contributed by atoms with Gasteiger partial charge in [-0.1, -0.05) is 11.6 Å². The Labute approximate surface area is 91.9 Å². The van der Waals surface area contributed by atoms with Gasteiger partial charge in [-0.25, -0.2) is 4.39 Å². The molecule has 3 nitrogen and oxygen atoms in total. The maximum atomic E-state index is 13.5. The second kappa shape index (κ2) is 4.14. The predicted octanol–water partition coefficient (Wildman–Crippen LogP) is 1.82. The van der Waals surface area contributed by atoms with Gasteiger partial charge in [0.25, 0.3) is 0 Å². The van der Waals surface area contributed by atoms with E-state index in [4.69, 9.17) is 11.6 Å². The Hall–Kier alpha value is -1.16. The Morgan fingerprint density at radius 2 is 2.47 bits per heavy atom. The lowest BCUT2D eigenvalue weighted by atomic mass is 10.0. The lowest BCUT2D eigenvalue weighted by molar-refractivity contribution is -0.117. The van der Waals surface area contributed by atoms with Crippen LogP contribution in [0.4, 0.5) is 4.39 Å². The van der Waals surface area contributed by atoms with Crippen LogP contribution in [0.5, 0.6) is 0 Å². The summed E-state index contributed by atoms with van der Waals surface area (Å²) in [5, 5.41) is 0.293. The molecule has 0 spiro atoms. The molecule has 1 aromatic heterocycles. The summed E-state index contributed by atoms with van der Waals surface area (Å²) in [5.74, 6) is -0.396. The van der Waals surface area contributed by atoms with Gasteiger partial charge >= 0.3 is 0 Å². The number of halogens is 2. The molecule has 80 valence electrons. The quantitative estimate of drug-likeness (QED) is 0.724. The number of carbonyl (C=O) groups is 1. The third-order valence-corrected chi connectivity index (χ3v) is 2.80. The summed E-state index contributed by atoms with van der Waals surface area (Å²) in [6.07, 6.45) is 2.97. The third kappa shape index (κ3) is 2.09. The maximum absolute atomic E-state index is 13.5. The number of rotatable bonds is 2. The third-order valence-electron chi connectivity index (χ3n) is 2.59. The first kappa shape index (κ1) is 10.4. The summed E-state index contributed by atoms with van der Waals surface area (Å²) in [7, 11) is 0. The Balaban J connectivity index is 2.20. The van der Waals surface area contributed by atoms with Gasteiger partial charge in [0, 0.05) is 25.2 Å². The molecule has 0 radical (unpaired) electrons. The number of nitrogens with zero attached hydrogens (tertiary/aromatic N) is 2. The Bertz CT molecular complexity index is 386. The lowest BCUT2D eigenvalue weighted by Gasteiger charge is -2.10. The smallest absolute Gasteiger partial charge is 0.209 e. The highest BCUT2D eigenvalue weighted by Gasteiger charge is 2.26. The van der Waals surface area contributed by atoms with Gasteiger partial charge in [0.1, 0.15) is 5.82 Å². The second-order valence-corrected chi connectivity index (χ2v) is 4.04. The van der Waals surface area contributed by atoms with Gasteiger partial charge in [-0.15, -0.1) is 0 Å². The number of aromatic nitrogens is 1. The van der Waals surface area contributed by atoms with Crippen LogP contribution in [0.1, 0.15) is 18.0 Å². The molecule has 2 rings (SSSR count). The zero-order valence-corrected chi connectivity index (χ0v) is 8.75. The van der Waals surface area contributed by atoms with E-state index in [1.807, 2.05) is 0 Å². The first-order valence-corrected chi connectivity index (χ1v) is 5.09. The zero-order chi connectivity index (χ0) is 10.8. The second-order valence-electron chi connectivity index (χ2n) is 3.61. The fourth-order valence-corrected chi connectivity index (χ4v) is 1.98. The predicted molar refractivity (Wildman–Crippen MR) is 54.2 cm³/mol. The standard InChI is InChI=1S/C10H10ClFN2O/c11-8-3-9(12)10(13-4-8)7-1-2-14(5-7)6-15/h3-4,6-7H,1-2,5H2. The molecular formula is C10H10ClFN2O. The lowest BCUT2D eigenvalue weighted by Crippen LogP contribution is -2.18. The van der Waals surface area contributed by atoms with E-state index < -0.39 is 0 Å². The molecule has 1 aliphatic rings. The summed E-state index contributed by atoms with van der Waals surface area (Å²) < 4.78 is 13.5. The van der Waals surface area contributed by atoms with Crippen molar-refractivity contribution in [1.29, 1.82) is 0 Å². The van der Waals surface area contributed by atoms with E-state index in [9.17, 15) is 9.18 Å². The number of pyridine rings is 1. The molecule has 1 aliphatic heterocycles. The van der Waals surface area contributed by atoms with Crippen LogP contribution in [0, 0.1) is 5.82 Å². The minimum absolute atomic E-state index is 0.00698. The number of amides is 1. The summed E-state index contributed by atoms with van der Waals surface area (Å²) >= 11 is 5.61. The van der Waals surface area contributed by atoms with Gasteiger partial charge in [0.2, 0.25) is 6.41 Å². The molecule has 1 fully saturated rings. The van der Waals surface area contributed by atoms with Crippen LogP contribution in [0.3, 0.4) is 0 Å². The SMILES string of the molecule is O=CN1CCC(c2ncc(Cl)cc2F)C1. The van der Waals surface area contributed by atoms with Crippen molar-refractivity contribution in [1.82, 2.24) is 9.88 Å². The number of hydrogen-bond donors (Lipinski definition) is 0. The van der Waals surface area contributed by atoms with Gasteiger partial charge in [-0.05, 0) is 12.5 Å². The van der Waals surface area contributed by atoms with Gasteiger partial charge in [0.05, 0.1) is 10.7 Å². The van der Waals surface area contributed by atoms with Gasteiger partial charge in [0.15, 0.2) is 0 Å². The van der Waals surface area contributed by atoms with Crippen LogP contribution >= 0.6 is 11.6 Å². The molecule has 0 saturated carbocycles. The Kier molecular flexibility index (Phi) is 2.86. The molecule has 1 atom stereocenters. The first-order chi connectivity index (χ1) is 7.20. The fraction of sp³-hybridized carbons (Fsp3) is 0.400. The molecule has 0 aliphatic carbocycles. The van der Waals surface area contributed by atoms with Crippen LogP contribution < -0.4 is 0 Å². The molecule has 0 bridgehead atoms. The highest BCUT2D eigenvalue weighted by Crippen LogP contribution is 2.27. The first-order valence-electron chi connectivity index (χ1n) is 4.71. The van der Waals surface area contributed by atoms with E-state index in [0.29, 0.717) is 23.8 Å². The Morgan fingerprint density at radius 3 is 3.07 bits per heavy atom. The van der Waals surface area contributed by atoms with E-state index in [1.54, 1.807) is 4.90 Å². The molecular weight excluding hydrogens is 219 g/mol. The Morgan fingerprint density at radius 1 is 1.67 bits per heavy atom. The molecule has 1 saturated heterocycles. The molecule has 0 aromatic carbocycles. The van der Waals surface area contributed by atoms with Crippen molar-refractivity contribution in [2.45, 2.75) is 12.3 Å². The van der Waals surface area contributed by atoms with Crippen LogP contribution in [0.25, 0.3) is 0 Å². The van der Waals surface area contributed by atoms with Crippen molar-refractivity contribution < 1.29 is 9.18 Å². The average molecular weight is 229 g/mol. The summed E-state index contributed by atoms with van der Waals surface area (Å²) in [6, 6.07) is 1.26. The topological polar surface area (TPSA) is 33.2 Å². The highest BCUT2D eigenvalue weighted by molar-refractivity contribution is 6.30. The van der Waals surface area contributed by atoms with Crippen molar-refractivity contribution in [2.24, 2.45) is 0 Å². The van der Waals surface area contributed by atoms with E-state index in [-0.39, 0.29) is 11.7 Å². The molecule has 1 unspecified atom stereocenters. The van der Waals surface area contributed by atoms with Gasteiger partial charge in [-0.2, -0.15) is 0 Å². The van der Waals surface area contributed by atoms with Crippen molar-refractivity contribution in [2.75, 3.05) is 13.1 Å². The van der Waals surface area contributed by atoms with E-state index in [0.717, 1.165) is 12.8 Å². The minimum Gasteiger partial charge on any atom is -0.345 e. The van der Waals surface area contributed by atoms with E-state index >= 15 is 0 Å².